The van der Waals surface area contributed by atoms with E-state index in [4.69, 9.17) is 21.4 Å². The summed E-state index contributed by atoms with van der Waals surface area (Å²) in [4.78, 5) is 11.2. The summed E-state index contributed by atoms with van der Waals surface area (Å²) < 4.78 is 33.5. The molecule has 0 radical (unpaired) electrons. The number of hydrogen-bond donors (Lipinski definition) is 1. The molecule has 1 aromatic rings. The average Bonchev–Trinajstić information content (AvgIpc) is 2.37. The third-order valence-electron chi connectivity index (χ3n) is 2.97. The van der Waals surface area contributed by atoms with Gasteiger partial charge >= 0.3 is 5.97 Å². The maximum Gasteiger partial charge on any atom is 0.335 e. The molecule has 7 heteroatoms. The molecule has 0 amide bonds. The molecule has 1 unspecified atom stereocenters. The van der Waals surface area contributed by atoms with Crippen LogP contribution in [0.15, 0.2) is 22.2 Å². The molecule has 1 aliphatic rings. The van der Waals surface area contributed by atoms with Crippen molar-refractivity contribution in [3.05, 3.63) is 32.8 Å². The summed E-state index contributed by atoms with van der Waals surface area (Å²) in [6.07, 6.45) is -1.21. The van der Waals surface area contributed by atoms with E-state index in [1.54, 1.807) is 6.07 Å². The number of aliphatic carboxylic acids is 1. The average molecular weight is 368 g/mol. The van der Waals surface area contributed by atoms with E-state index >= 15 is 0 Å². The van der Waals surface area contributed by atoms with Crippen molar-refractivity contribution in [3.8, 4) is 5.75 Å². The zero-order chi connectivity index (χ0) is 15.1. The first-order chi connectivity index (χ1) is 9.26. The number of carboxylic acid groups (broad SMARTS) is 1. The summed E-state index contributed by atoms with van der Waals surface area (Å²) in [5, 5.41) is 9.25. The second-order valence-corrected chi connectivity index (χ2v) is 5.65. The summed E-state index contributed by atoms with van der Waals surface area (Å²) >= 11 is 9.16. The molecule has 2 rings (SSSR count). The van der Waals surface area contributed by atoms with Gasteiger partial charge in [-0.1, -0.05) is 34.5 Å². The Morgan fingerprint density at radius 1 is 1.55 bits per heavy atom. The number of fused-ring (bicyclic) bond motifs is 1. The molecule has 1 atom stereocenters. The van der Waals surface area contributed by atoms with Gasteiger partial charge < -0.3 is 9.84 Å². The van der Waals surface area contributed by atoms with Crippen molar-refractivity contribution in [1.82, 2.24) is 0 Å². The summed E-state index contributed by atoms with van der Waals surface area (Å²) in [7, 11) is 0. The van der Waals surface area contributed by atoms with Crippen molar-refractivity contribution >= 4 is 39.6 Å². The molecule has 0 fully saturated rings. The van der Waals surface area contributed by atoms with E-state index < -0.39 is 30.0 Å². The molecular weight excluding hydrogens is 357 g/mol. The fraction of sp³-hybridized carbons (Fsp3) is 0.308. The van der Waals surface area contributed by atoms with E-state index in [1.165, 1.54) is 19.1 Å². The fourth-order valence-electron chi connectivity index (χ4n) is 1.91. The smallest absolute Gasteiger partial charge is 0.335 e. The van der Waals surface area contributed by atoms with Crippen molar-refractivity contribution in [1.29, 1.82) is 0 Å². The van der Waals surface area contributed by atoms with Gasteiger partial charge in [0, 0.05) is 16.5 Å². The number of halogens is 4. The van der Waals surface area contributed by atoms with Crippen molar-refractivity contribution in [2.75, 3.05) is 0 Å². The molecule has 0 saturated carbocycles. The Bertz CT molecular complexity index is 602. The van der Waals surface area contributed by atoms with Crippen LogP contribution < -0.4 is 4.74 Å². The second kappa shape index (κ2) is 5.33. The van der Waals surface area contributed by atoms with Gasteiger partial charge in [0.2, 0.25) is 0 Å². The zero-order valence-corrected chi connectivity index (χ0v) is 12.6. The molecule has 3 nitrogen and oxygen atoms in total. The van der Waals surface area contributed by atoms with Crippen LogP contribution in [0.2, 0.25) is 5.02 Å². The zero-order valence-electron chi connectivity index (χ0n) is 10.3. The Morgan fingerprint density at radius 2 is 2.20 bits per heavy atom. The van der Waals surface area contributed by atoms with Gasteiger partial charge in [-0.15, -0.1) is 0 Å². The minimum absolute atomic E-state index is 0.0676. The summed E-state index contributed by atoms with van der Waals surface area (Å²) in [5.41, 5.74) is -0.136. The summed E-state index contributed by atoms with van der Waals surface area (Å²) in [6, 6.07) is 3.06. The van der Waals surface area contributed by atoms with Crippen LogP contribution in [-0.2, 0) is 4.79 Å². The Labute approximate surface area is 127 Å². The van der Waals surface area contributed by atoms with Crippen LogP contribution in [0.4, 0.5) is 8.78 Å². The normalized spacial score (nSPS) is 18.1. The highest BCUT2D eigenvalue weighted by Gasteiger charge is 2.46. The van der Waals surface area contributed by atoms with Gasteiger partial charge in [-0.25, -0.2) is 13.6 Å². The van der Waals surface area contributed by atoms with Gasteiger partial charge in [-0.05, 0) is 18.2 Å². The minimum Gasteiger partial charge on any atom is -0.478 e. The molecule has 108 valence electrons. The number of benzene rings is 1. The standard InChI is InChI=1S/C13H10BrClF2O3/c1-2-13(16,17)11-8(12(18)19)4-6-3-7(14)5-9(15)10(6)20-11/h3-5,11H,2H2,1H3,(H,18,19). The maximum absolute atomic E-state index is 13.9. The molecule has 0 spiro atoms. The third-order valence-corrected chi connectivity index (χ3v) is 3.71. The van der Waals surface area contributed by atoms with Crippen LogP contribution in [0.5, 0.6) is 5.75 Å². The number of carboxylic acids is 1. The highest BCUT2D eigenvalue weighted by atomic mass is 79.9. The van der Waals surface area contributed by atoms with Gasteiger partial charge in [0.15, 0.2) is 6.10 Å². The van der Waals surface area contributed by atoms with Crippen LogP contribution in [0.3, 0.4) is 0 Å². The number of carbonyl (C=O) groups is 1. The van der Waals surface area contributed by atoms with Gasteiger partial charge in [-0.2, -0.15) is 0 Å². The Balaban J connectivity index is 2.59. The molecule has 0 saturated heterocycles. The Kier molecular flexibility index (Phi) is 4.07. The number of ether oxygens (including phenoxy) is 1. The summed E-state index contributed by atoms with van der Waals surface area (Å²) in [5.74, 6) is -4.67. The van der Waals surface area contributed by atoms with E-state index in [2.05, 4.69) is 15.9 Å². The summed E-state index contributed by atoms with van der Waals surface area (Å²) in [6.45, 7) is 1.27. The molecule has 0 aliphatic carbocycles. The lowest BCUT2D eigenvalue weighted by Gasteiger charge is -2.31. The van der Waals surface area contributed by atoms with Crippen molar-refractivity contribution in [3.63, 3.8) is 0 Å². The van der Waals surface area contributed by atoms with Crippen molar-refractivity contribution in [2.24, 2.45) is 0 Å². The first-order valence-corrected chi connectivity index (χ1v) is 6.91. The van der Waals surface area contributed by atoms with Crippen LogP contribution in [0.1, 0.15) is 18.9 Å². The molecule has 1 N–H and O–H groups in total. The maximum atomic E-state index is 13.9. The lowest BCUT2D eigenvalue weighted by molar-refractivity contribution is -0.138. The SMILES string of the molecule is CCC(F)(F)C1Oc2c(Cl)cc(Br)cc2C=C1C(=O)O. The van der Waals surface area contributed by atoms with Crippen molar-refractivity contribution in [2.45, 2.75) is 25.4 Å². The molecule has 1 aliphatic heterocycles. The first-order valence-electron chi connectivity index (χ1n) is 5.74. The van der Waals surface area contributed by atoms with E-state index in [1.807, 2.05) is 0 Å². The fourth-order valence-corrected chi connectivity index (χ4v) is 2.79. The number of rotatable bonds is 3. The number of hydrogen-bond acceptors (Lipinski definition) is 2. The van der Waals surface area contributed by atoms with Gasteiger partial charge in [-0.3, -0.25) is 0 Å². The van der Waals surface area contributed by atoms with Crippen LogP contribution in [0.25, 0.3) is 6.08 Å². The second-order valence-electron chi connectivity index (χ2n) is 4.32. The highest BCUT2D eigenvalue weighted by molar-refractivity contribution is 9.10. The van der Waals surface area contributed by atoms with E-state index in [-0.39, 0.29) is 10.8 Å². The Morgan fingerprint density at radius 3 is 2.75 bits per heavy atom. The minimum atomic E-state index is -3.29. The predicted octanol–water partition coefficient (Wildman–Crippen LogP) is 4.38. The molecule has 0 bridgehead atoms. The third kappa shape index (κ3) is 2.67. The van der Waals surface area contributed by atoms with Gasteiger partial charge in [0.25, 0.3) is 5.92 Å². The van der Waals surface area contributed by atoms with Crippen LogP contribution >= 0.6 is 27.5 Å². The van der Waals surface area contributed by atoms with E-state index in [0.717, 1.165) is 0 Å². The lowest BCUT2D eigenvalue weighted by Crippen LogP contribution is -2.42. The Hall–Kier alpha value is -1.14. The van der Waals surface area contributed by atoms with Gasteiger partial charge in [0.05, 0.1) is 10.6 Å². The molecule has 20 heavy (non-hydrogen) atoms. The van der Waals surface area contributed by atoms with Crippen LogP contribution in [-0.4, -0.2) is 23.1 Å². The van der Waals surface area contributed by atoms with Gasteiger partial charge in [0.1, 0.15) is 5.75 Å². The van der Waals surface area contributed by atoms with E-state index in [9.17, 15) is 13.6 Å². The largest absolute Gasteiger partial charge is 0.478 e. The molecular formula is C13H10BrClF2O3. The molecule has 0 aromatic heterocycles. The van der Waals surface area contributed by atoms with Crippen molar-refractivity contribution < 1.29 is 23.4 Å². The van der Waals surface area contributed by atoms with Crippen LogP contribution in [0, 0.1) is 0 Å². The van der Waals surface area contributed by atoms with E-state index in [0.29, 0.717) is 10.0 Å². The monoisotopic (exact) mass is 366 g/mol. The lowest BCUT2D eigenvalue weighted by atomic mass is 9.96. The number of alkyl halides is 2. The molecule has 1 aromatic carbocycles. The topological polar surface area (TPSA) is 46.5 Å². The molecule has 1 heterocycles. The predicted molar refractivity (Wildman–Crippen MR) is 74.4 cm³/mol. The first kappa shape index (κ1) is 15.3. The quantitative estimate of drug-likeness (QED) is 0.862. The highest BCUT2D eigenvalue weighted by Crippen LogP contribution is 2.42.